The highest BCUT2D eigenvalue weighted by Gasteiger charge is 2.35. The third kappa shape index (κ3) is 11.2. The topological polar surface area (TPSA) is 187 Å². The number of hydrogen-bond acceptors (Lipinski definition) is 8. The van der Waals surface area contributed by atoms with Crippen LogP contribution in [0.25, 0.3) is 5.69 Å². The summed E-state index contributed by atoms with van der Waals surface area (Å²) < 4.78 is 6.83. The number of nitrogens with zero attached hydrogens (tertiary/aromatic N) is 4. The fourth-order valence-corrected chi connectivity index (χ4v) is 6.35. The minimum Gasteiger partial charge on any atom is -0.465 e. The molecule has 1 aromatic carbocycles. The van der Waals surface area contributed by atoms with E-state index in [2.05, 4.69) is 33.2 Å². The Balaban J connectivity index is 1.22. The highest BCUT2D eigenvalue weighted by Crippen LogP contribution is 2.24. The molecule has 1 aliphatic heterocycles. The number of ether oxygens (including phenoxy) is 1. The van der Waals surface area contributed by atoms with E-state index in [-0.39, 0.29) is 56.1 Å². The van der Waals surface area contributed by atoms with E-state index in [0.717, 1.165) is 44.2 Å². The fourth-order valence-electron chi connectivity index (χ4n) is 6.35. The number of anilines is 1. The molecule has 5 amide bonds. The van der Waals surface area contributed by atoms with Gasteiger partial charge in [0.15, 0.2) is 0 Å². The Hall–Kier alpha value is -4.66. The van der Waals surface area contributed by atoms with Crippen LogP contribution in [0.3, 0.4) is 0 Å². The summed E-state index contributed by atoms with van der Waals surface area (Å²) in [5, 5.41) is 20.5. The lowest BCUT2D eigenvalue weighted by molar-refractivity contribution is -0.138. The monoisotopic (exact) mass is 696 g/mol. The quantitative estimate of drug-likeness (QED) is 0.248. The van der Waals surface area contributed by atoms with Crippen molar-refractivity contribution < 1.29 is 29.0 Å². The van der Waals surface area contributed by atoms with Crippen LogP contribution < -0.4 is 27.0 Å². The van der Waals surface area contributed by atoms with E-state index in [1.165, 1.54) is 28.2 Å². The van der Waals surface area contributed by atoms with Crippen LogP contribution in [-0.4, -0.2) is 105 Å². The molecule has 0 spiro atoms. The molecule has 1 aliphatic carbocycles. The van der Waals surface area contributed by atoms with Gasteiger partial charge in [-0.05, 0) is 103 Å². The van der Waals surface area contributed by atoms with Crippen LogP contribution in [0.4, 0.5) is 20.2 Å². The molecule has 1 saturated carbocycles. The van der Waals surface area contributed by atoms with Gasteiger partial charge in [0, 0.05) is 44.5 Å². The number of aromatic nitrogens is 2. The second-order valence-corrected chi connectivity index (χ2v) is 14.8. The molecule has 274 valence electrons. The van der Waals surface area contributed by atoms with E-state index >= 15 is 0 Å². The van der Waals surface area contributed by atoms with E-state index in [0.29, 0.717) is 11.6 Å². The maximum Gasteiger partial charge on any atom is 0.407 e. The molecule has 3 unspecified atom stereocenters. The molecule has 1 saturated heterocycles. The van der Waals surface area contributed by atoms with Gasteiger partial charge in [-0.15, -0.1) is 0 Å². The first kappa shape index (κ1) is 38.1. The van der Waals surface area contributed by atoms with Crippen molar-refractivity contribution in [2.45, 2.75) is 96.9 Å². The van der Waals surface area contributed by atoms with E-state index in [9.17, 15) is 24.0 Å². The van der Waals surface area contributed by atoms with Crippen LogP contribution in [0.2, 0.25) is 0 Å². The smallest absolute Gasteiger partial charge is 0.407 e. The van der Waals surface area contributed by atoms with Gasteiger partial charge in [0.25, 0.3) is 0 Å². The van der Waals surface area contributed by atoms with Gasteiger partial charge in [-0.3, -0.25) is 14.7 Å². The van der Waals surface area contributed by atoms with E-state index < -0.39 is 29.0 Å². The molecular formula is C35H52N8O7. The number of piperazine rings is 1. The van der Waals surface area contributed by atoms with E-state index in [1.807, 2.05) is 45.0 Å². The first-order valence-corrected chi connectivity index (χ1v) is 17.3. The van der Waals surface area contributed by atoms with Gasteiger partial charge >= 0.3 is 23.9 Å². The zero-order valence-electron chi connectivity index (χ0n) is 30.0. The van der Waals surface area contributed by atoms with Crippen molar-refractivity contribution in [3.05, 3.63) is 52.6 Å². The summed E-state index contributed by atoms with van der Waals surface area (Å²) in [7, 11) is 0. The van der Waals surface area contributed by atoms with Crippen LogP contribution in [-0.2, 0) is 16.0 Å². The summed E-state index contributed by atoms with van der Waals surface area (Å²) in [5.74, 6) is 0.219. The predicted molar refractivity (Wildman–Crippen MR) is 189 cm³/mol. The summed E-state index contributed by atoms with van der Waals surface area (Å²) in [6.07, 6.45) is 4.81. The molecule has 0 radical (unpaired) electrons. The fraction of sp³-hybridized carbons (Fsp3) is 0.600. The molecule has 3 atom stereocenters. The van der Waals surface area contributed by atoms with Crippen molar-refractivity contribution in [1.29, 1.82) is 0 Å². The second kappa shape index (κ2) is 16.4. The Morgan fingerprint density at radius 1 is 0.980 bits per heavy atom. The standard InChI is InChI=1S/C35H52N8O7/c1-23(36-22-25-8-7-9-26(21-25)37-33(49)50-34(2,3)4)20-24-10-12-27(13-11-24)43-15-14-28(39-31(43)46)38-30(45)42-18-16-41(17-19-42)29(44)35(5,6)40-32(47)48/h10-15,23,25-26,36,40H,7-9,16-22H2,1-6H3,(H,37,49)(H,47,48)(H,38,39,45,46). The minimum atomic E-state index is -1.29. The van der Waals surface area contributed by atoms with Gasteiger partial charge in [0.2, 0.25) is 5.91 Å². The lowest BCUT2D eigenvalue weighted by atomic mass is 9.85. The zero-order valence-corrected chi connectivity index (χ0v) is 30.0. The highest BCUT2D eigenvalue weighted by molar-refractivity contribution is 5.90. The molecule has 50 heavy (non-hydrogen) atoms. The molecule has 1 aromatic heterocycles. The number of amides is 5. The molecule has 15 nitrogen and oxygen atoms in total. The Kier molecular flexibility index (Phi) is 12.5. The molecule has 15 heteroatoms. The van der Waals surface area contributed by atoms with Crippen molar-refractivity contribution in [3.8, 4) is 5.69 Å². The van der Waals surface area contributed by atoms with Gasteiger partial charge in [0.05, 0.1) is 5.69 Å². The molecule has 4 rings (SSSR count). The van der Waals surface area contributed by atoms with Crippen LogP contribution in [0, 0.1) is 5.92 Å². The first-order chi connectivity index (χ1) is 23.5. The molecule has 2 aromatic rings. The van der Waals surface area contributed by atoms with Crippen LogP contribution in [0.15, 0.2) is 41.3 Å². The Morgan fingerprint density at radius 3 is 2.26 bits per heavy atom. The molecule has 2 fully saturated rings. The van der Waals surface area contributed by atoms with Crippen LogP contribution in [0.5, 0.6) is 0 Å². The summed E-state index contributed by atoms with van der Waals surface area (Å²) in [4.78, 5) is 68.8. The number of rotatable bonds is 10. The number of carbonyl (C=O) groups is 4. The predicted octanol–water partition coefficient (Wildman–Crippen LogP) is 3.56. The number of carboxylic acid groups (broad SMARTS) is 1. The van der Waals surface area contributed by atoms with Gasteiger partial charge in [-0.1, -0.05) is 18.6 Å². The van der Waals surface area contributed by atoms with Crippen molar-refractivity contribution in [3.63, 3.8) is 0 Å². The SMILES string of the molecule is CC(Cc1ccc(-n2ccc(NC(=O)N3CCN(C(=O)C(C)(C)NC(=O)O)CC3)nc2=O)cc1)NCC1CCCC(NC(=O)OC(C)(C)C)C1. The maximum absolute atomic E-state index is 12.9. The van der Waals surface area contributed by atoms with E-state index in [4.69, 9.17) is 9.84 Å². The molecule has 0 bridgehead atoms. The molecule has 2 aliphatic rings. The number of alkyl carbamates (subject to hydrolysis) is 1. The Labute approximate surface area is 293 Å². The van der Waals surface area contributed by atoms with Crippen LogP contribution >= 0.6 is 0 Å². The van der Waals surface area contributed by atoms with Crippen molar-refractivity contribution >= 4 is 29.9 Å². The lowest BCUT2D eigenvalue weighted by Gasteiger charge is -2.38. The maximum atomic E-state index is 12.9. The van der Waals surface area contributed by atoms with Crippen LogP contribution in [0.1, 0.15) is 72.8 Å². The minimum absolute atomic E-state index is 0.114. The molecular weight excluding hydrogens is 644 g/mol. The average Bonchev–Trinajstić information content (AvgIpc) is 3.03. The zero-order chi connectivity index (χ0) is 36.6. The summed E-state index contributed by atoms with van der Waals surface area (Å²) in [5.41, 5.74) is -0.572. The summed E-state index contributed by atoms with van der Waals surface area (Å²) >= 11 is 0. The second-order valence-electron chi connectivity index (χ2n) is 14.8. The van der Waals surface area contributed by atoms with Gasteiger partial charge in [0.1, 0.15) is 17.0 Å². The number of benzene rings is 1. The largest absolute Gasteiger partial charge is 0.465 e. The third-order valence-electron chi connectivity index (χ3n) is 8.86. The Bertz CT molecular complexity index is 1560. The number of carbonyl (C=O) groups excluding carboxylic acids is 3. The molecule has 2 heterocycles. The van der Waals surface area contributed by atoms with Gasteiger partial charge in [-0.2, -0.15) is 4.98 Å². The van der Waals surface area contributed by atoms with Gasteiger partial charge < -0.3 is 35.6 Å². The first-order valence-electron chi connectivity index (χ1n) is 17.3. The van der Waals surface area contributed by atoms with Crippen molar-refractivity contribution in [2.24, 2.45) is 5.92 Å². The van der Waals surface area contributed by atoms with Gasteiger partial charge in [-0.25, -0.2) is 19.2 Å². The lowest BCUT2D eigenvalue weighted by Crippen LogP contribution is -2.60. The summed E-state index contributed by atoms with van der Waals surface area (Å²) in [6.45, 7) is 12.6. The third-order valence-corrected chi connectivity index (χ3v) is 8.86. The van der Waals surface area contributed by atoms with Crippen molar-refractivity contribution in [2.75, 3.05) is 38.0 Å². The molecule has 5 N–H and O–H groups in total. The van der Waals surface area contributed by atoms with Crippen molar-refractivity contribution in [1.82, 2.24) is 35.3 Å². The Morgan fingerprint density at radius 2 is 1.64 bits per heavy atom. The number of nitrogens with one attached hydrogen (secondary N) is 4. The average molecular weight is 697 g/mol. The van der Waals surface area contributed by atoms with E-state index in [1.54, 1.807) is 12.3 Å². The number of hydrogen-bond donors (Lipinski definition) is 5. The number of urea groups is 1. The normalized spacial score (nSPS) is 18.9. The highest BCUT2D eigenvalue weighted by atomic mass is 16.6. The summed E-state index contributed by atoms with van der Waals surface area (Å²) in [6, 6.07) is 9.17.